The van der Waals surface area contributed by atoms with E-state index in [4.69, 9.17) is 24.9 Å². The second kappa shape index (κ2) is 16.4. The molecule has 0 spiro atoms. The molecule has 0 atom stereocenters. The molecule has 8 aromatic carbocycles. The molecule has 0 radical (unpaired) electrons. The lowest BCUT2D eigenvalue weighted by molar-refractivity contribution is 1.07. The predicted octanol–water partition coefficient (Wildman–Crippen LogP) is 13.7. The van der Waals surface area contributed by atoms with Crippen LogP contribution >= 0.6 is 0 Å². The van der Waals surface area contributed by atoms with Crippen molar-refractivity contribution < 1.29 is 0 Å². The van der Waals surface area contributed by atoms with Gasteiger partial charge in [0.2, 0.25) is 0 Å². The molecule has 0 aliphatic heterocycles. The number of hydrogen-bond acceptors (Lipinski definition) is 5. The second-order valence-corrected chi connectivity index (χ2v) is 14.5. The molecule has 10 aromatic rings. The normalized spacial score (nSPS) is 11.0. The average molecular weight is 768 g/mol. The van der Waals surface area contributed by atoms with Crippen LogP contribution in [0.4, 0.5) is 0 Å². The van der Waals surface area contributed by atoms with Crippen molar-refractivity contribution in [3.63, 3.8) is 0 Å². The summed E-state index contributed by atoms with van der Waals surface area (Å²) in [4.78, 5) is 25.7. The molecule has 2 heterocycles. The molecular weight excluding hydrogens is 731 g/mol. The summed E-state index contributed by atoms with van der Waals surface area (Å²) in [5.74, 6) is 1.90. The molecule has 0 aliphatic carbocycles. The zero-order valence-corrected chi connectivity index (χ0v) is 32.6. The van der Waals surface area contributed by atoms with E-state index in [0.29, 0.717) is 17.5 Å². The minimum Gasteiger partial charge on any atom is -0.243 e. The van der Waals surface area contributed by atoms with Crippen molar-refractivity contribution >= 4 is 0 Å². The van der Waals surface area contributed by atoms with Crippen molar-refractivity contribution in [2.75, 3.05) is 0 Å². The molecule has 2 aromatic heterocycles. The van der Waals surface area contributed by atoms with Gasteiger partial charge in [0.05, 0.1) is 22.8 Å². The smallest absolute Gasteiger partial charge is 0.164 e. The van der Waals surface area contributed by atoms with E-state index in [1.807, 2.05) is 103 Å². The second-order valence-electron chi connectivity index (χ2n) is 14.5. The van der Waals surface area contributed by atoms with E-state index < -0.39 is 0 Å². The van der Waals surface area contributed by atoms with Gasteiger partial charge < -0.3 is 0 Å². The van der Waals surface area contributed by atoms with Crippen LogP contribution in [0.2, 0.25) is 0 Å². The van der Waals surface area contributed by atoms with Crippen molar-refractivity contribution in [3.05, 3.63) is 224 Å². The number of rotatable bonds is 9. The van der Waals surface area contributed by atoms with Crippen LogP contribution in [0.3, 0.4) is 0 Å². The molecule has 0 aliphatic rings. The third-order valence-corrected chi connectivity index (χ3v) is 10.5. The lowest BCUT2D eigenvalue weighted by atomic mass is 9.95. The molecule has 0 N–H and O–H groups in total. The number of nitrogens with zero attached hydrogens (tertiary/aromatic N) is 5. The highest BCUT2D eigenvalue weighted by molar-refractivity contribution is 5.88. The van der Waals surface area contributed by atoms with Gasteiger partial charge in [-0.05, 0) is 40.5 Å². The Morgan fingerprint density at radius 3 is 0.767 bits per heavy atom. The highest BCUT2D eigenvalue weighted by atomic mass is 15.0. The maximum absolute atomic E-state index is 5.48. The fourth-order valence-corrected chi connectivity index (χ4v) is 7.53. The first kappa shape index (κ1) is 36.2. The van der Waals surface area contributed by atoms with Crippen LogP contribution in [0.1, 0.15) is 0 Å². The summed E-state index contributed by atoms with van der Waals surface area (Å²) < 4.78 is 0. The van der Waals surface area contributed by atoms with Crippen LogP contribution in [-0.4, -0.2) is 24.9 Å². The van der Waals surface area contributed by atoms with Gasteiger partial charge in [-0.1, -0.05) is 206 Å². The molecule has 282 valence electrons. The molecule has 0 saturated carbocycles. The zero-order chi connectivity index (χ0) is 40.1. The van der Waals surface area contributed by atoms with Gasteiger partial charge in [0.15, 0.2) is 17.5 Å². The lowest BCUT2D eigenvalue weighted by Crippen LogP contribution is -2.01. The van der Waals surface area contributed by atoms with Gasteiger partial charge in [-0.2, -0.15) is 0 Å². The molecule has 5 nitrogen and oxygen atoms in total. The van der Waals surface area contributed by atoms with Crippen molar-refractivity contribution in [1.29, 1.82) is 0 Å². The Kier molecular flexibility index (Phi) is 9.88. The first-order valence-corrected chi connectivity index (χ1v) is 20.0. The van der Waals surface area contributed by atoms with Gasteiger partial charge in [0.1, 0.15) is 0 Å². The van der Waals surface area contributed by atoms with E-state index in [0.717, 1.165) is 84.0 Å². The SMILES string of the molecule is c1ccc(-c2nc(-c3ccccc3)nc(-c3cccc(-c4cccc(-c5cccc(-c6nc(-c7ccccc7)c(-c7ccccc7)nc6-c6ccccc6)c5)c4)c3)n2)cc1. The average Bonchev–Trinajstić information content (AvgIpc) is 3.35. The van der Waals surface area contributed by atoms with Crippen molar-refractivity contribution in [3.8, 4) is 101 Å². The minimum atomic E-state index is 0.622. The first-order valence-electron chi connectivity index (χ1n) is 20.0. The highest BCUT2D eigenvalue weighted by Crippen LogP contribution is 2.39. The van der Waals surface area contributed by atoms with Gasteiger partial charge in [-0.15, -0.1) is 0 Å². The molecule has 0 amide bonds. The fourth-order valence-electron chi connectivity index (χ4n) is 7.53. The molecule has 60 heavy (non-hydrogen) atoms. The van der Waals surface area contributed by atoms with Gasteiger partial charge in [0.25, 0.3) is 0 Å². The highest BCUT2D eigenvalue weighted by Gasteiger charge is 2.20. The van der Waals surface area contributed by atoms with Gasteiger partial charge in [-0.25, -0.2) is 24.9 Å². The lowest BCUT2D eigenvalue weighted by Gasteiger charge is -2.16. The Morgan fingerprint density at radius 1 is 0.167 bits per heavy atom. The maximum Gasteiger partial charge on any atom is 0.164 e. The Bertz CT molecular complexity index is 3010. The van der Waals surface area contributed by atoms with E-state index in [9.17, 15) is 0 Å². The van der Waals surface area contributed by atoms with Crippen molar-refractivity contribution in [2.45, 2.75) is 0 Å². The Morgan fingerprint density at radius 2 is 0.400 bits per heavy atom. The Balaban J connectivity index is 1.05. The molecule has 5 heteroatoms. The summed E-state index contributed by atoms with van der Waals surface area (Å²) in [6.07, 6.45) is 0. The summed E-state index contributed by atoms with van der Waals surface area (Å²) in [5, 5.41) is 0. The largest absolute Gasteiger partial charge is 0.243 e. The monoisotopic (exact) mass is 767 g/mol. The summed E-state index contributed by atoms with van der Waals surface area (Å²) in [7, 11) is 0. The zero-order valence-electron chi connectivity index (χ0n) is 32.6. The van der Waals surface area contributed by atoms with Crippen LogP contribution < -0.4 is 0 Å². The third kappa shape index (κ3) is 7.51. The Labute approximate surface area is 349 Å². The molecular formula is C55H37N5. The predicted molar refractivity (Wildman–Crippen MR) is 244 cm³/mol. The summed E-state index contributed by atoms with van der Waals surface area (Å²) >= 11 is 0. The topological polar surface area (TPSA) is 64.5 Å². The third-order valence-electron chi connectivity index (χ3n) is 10.5. The summed E-state index contributed by atoms with van der Waals surface area (Å²) in [6.45, 7) is 0. The standard InChI is InChI=1S/C55H37N5/c1-6-19-38(20-7-1)49-50(39-21-8-2-9-22-39)57-52(51(56-49)40-23-10-3-11-24-40)47-33-17-31-45(36-47)43-29-16-30-44(35-43)46-32-18-34-48(37-46)55-59-53(41-25-12-4-13-26-41)58-54(60-55)42-27-14-5-15-28-42/h1-37H. The van der Waals surface area contributed by atoms with Crippen LogP contribution in [0.5, 0.6) is 0 Å². The summed E-state index contributed by atoms with van der Waals surface area (Å²) in [5.41, 5.74) is 14.5. The van der Waals surface area contributed by atoms with Crippen molar-refractivity contribution in [2.24, 2.45) is 0 Å². The minimum absolute atomic E-state index is 0.622. The summed E-state index contributed by atoms with van der Waals surface area (Å²) in [6, 6.07) is 76.9. The van der Waals surface area contributed by atoms with E-state index in [-0.39, 0.29) is 0 Å². The van der Waals surface area contributed by atoms with E-state index in [2.05, 4.69) is 121 Å². The van der Waals surface area contributed by atoms with Gasteiger partial charge in [0, 0.05) is 38.9 Å². The van der Waals surface area contributed by atoms with Crippen molar-refractivity contribution in [1.82, 2.24) is 24.9 Å². The fraction of sp³-hybridized carbons (Fsp3) is 0. The molecule has 0 unspecified atom stereocenters. The van der Waals surface area contributed by atoms with E-state index >= 15 is 0 Å². The quantitative estimate of drug-likeness (QED) is 0.146. The van der Waals surface area contributed by atoms with Crippen LogP contribution in [-0.2, 0) is 0 Å². The van der Waals surface area contributed by atoms with E-state index in [1.54, 1.807) is 0 Å². The molecule has 0 saturated heterocycles. The van der Waals surface area contributed by atoms with Gasteiger partial charge >= 0.3 is 0 Å². The van der Waals surface area contributed by atoms with Crippen LogP contribution in [0.25, 0.3) is 101 Å². The van der Waals surface area contributed by atoms with Crippen LogP contribution in [0.15, 0.2) is 224 Å². The number of aromatic nitrogens is 5. The number of benzene rings is 8. The Hall–Kier alpha value is -8.15. The van der Waals surface area contributed by atoms with Crippen LogP contribution in [0, 0.1) is 0 Å². The number of hydrogen-bond donors (Lipinski definition) is 0. The maximum atomic E-state index is 5.48. The molecule has 10 rings (SSSR count). The molecule has 0 bridgehead atoms. The molecule has 0 fully saturated rings. The van der Waals surface area contributed by atoms with E-state index in [1.165, 1.54) is 0 Å². The van der Waals surface area contributed by atoms with Gasteiger partial charge in [-0.3, -0.25) is 0 Å². The first-order chi connectivity index (χ1) is 29.7.